The summed E-state index contributed by atoms with van der Waals surface area (Å²) in [5.74, 6) is 0.0742. The highest BCUT2D eigenvalue weighted by Gasteiger charge is 2.32. The first kappa shape index (κ1) is 25.6. The van der Waals surface area contributed by atoms with Gasteiger partial charge < -0.3 is 10.2 Å². The van der Waals surface area contributed by atoms with Crippen LogP contribution >= 0.6 is 11.8 Å². The van der Waals surface area contributed by atoms with E-state index in [2.05, 4.69) is 5.32 Å². The van der Waals surface area contributed by atoms with E-state index in [-0.39, 0.29) is 17.6 Å². The summed E-state index contributed by atoms with van der Waals surface area (Å²) in [6.07, 6.45) is 0.455. The van der Waals surface area contributed by atoms with Crippen LogP contribution in [0.2, 0.25) is 0 Å². The van der Waals surface area contributed by atoms with Gasteiger partial charge in [0.25, 0.3) is 0 Å². The summed E-state index contributed by atoms with van der Waals surface area (Å²) >= 11 is 1.50. The third kappa shape index (κ3) is 8.07. The lowest BCUT2D eigenvalue weighted by Gasteiger charge is -2.34. The van der Waals surface area contributed by atoms with Crippen molar-refractivity contribution in [1.82, 2.24) is 10.2 Å². The molecule has 34 heavy (non-hydrogen) atoms. The summed E-state index contributed by atoms with van der Waals surface area (Å²) in [7, 11) is 0. The Bertz CT molecular complexity index is 1060. The van der Waals surface area contributed by atoms with Crippen molar-refractivity contribution in [2.75, 3.05) is 5.75 Å². The molecule has 3 rings (SSSR count). The summed E-state index contributed by atoms with van der Waals surface area (Å²) in [5.41, 5.74) is 2.79. The van der Waals surface area contributed by atoms with Crippen LogP contribution in [0.15, 0.2) is 89.8 Å². The molecule has 0 aromatic heterocycles. The van der Waals surface area contributed by atoms with Crippen molar-refractivity contribution in [1.29, 1.82) is 0 Å². The molecule has 0 radical (unpaired) electrons. The van der Waals surface area contributed by atoms with Gasteiger partial charge in [0.2, 0.25) is 11.8 Å². The number of nitrogens with one attached hydrogen (secondary N) is 1. The summed E-state index contributed by atoms with van der Waals surface area (Å²) in [5, 5.41) is 3.10. The molecule has 2 amide bonds. The van der Waals surface area contributed by atoms with E-state index in [1.165, 1.54) is 11.8 Å². The van der Waals surface area contributed by atoms with E-state index in [1.807, 2.05) is 113 Å². The van der Waals surface area contributed by atoms with Gasteiger partial charge in [-0.1, -0.05) is 78.4 Å². The molecule has 0 aliphatic carbocycles. The van der Waals surface area contributed by atoms with Crippen LogP contribution in [0.3, 0.4) is 0 Å². The largest absolute Gasteiger partial charge is 0.350 e. The first-order chi connectivity index (χ1) is 16.2. The predicted octanol–water partition coefficient (Wildman–Crippen LogP) is 5.64. The van der Waals surface area contributed by atoms with Gasteiger partial charge >= 0.3 is 0 Å². The molecule has 3 aromatic rings. The van der Waals surface area contributed by atoms with E-state index in [1.54, 1.807) is 4.90 Å². The van der Waals surface area contributed by atoms with Gasteiger partial charge in [-0.15, -0.1) is 11.8 Å². The van der Waals surface area contributed by atoms with E-state index >= 15 is 0 Å². The second-order valence-electron chi connectivity index (χ2n) is 9.55. The van der Waals surface area contributed by atoms with Gasteiger partial charge in [0, 0.05) is 23.4 Å². The lowest BCUT2D eigenvalue weighted by atomic mass is 10.0. The Morgan fingerprint density at radius 2 is 1.44 bits per heavy atom. The first-order valence-corrected chi connectivity index (χ1v) is 12.6. The molecule has 178 valence electrons. The van der Waals surface area contributed by atoms with Crippen LogP contribution in [0.4, 0.5) is 0 Å². The number of aryl methyl sites for hydroxylation is 1. The van der Waals surface area contributed by atoms with Crippen molar-refractivity contribution >= 4 is 23.6 Å². The van der Waals surface area contributed by atoms with Crippen LogP contribution in [-0.2, 0) is 22.6 Å². The lowest BCUT2D eigenvalue weighted by Crippen LogP contribution is -2.54. The van der Waals surface area contributed by atoms with Gasteiger partial charge in [-0.25, -0.2) is 0 Å². The highest BCUT2D eigenvalue weighted by atomic mass is 32.2. The van der Waals surface area contributed by atoms with E-state index in [9.17, 15) is 9.59 Å². The lowest BCUT2D eigenvalue weighted by molar-refractivity contribution is -0.140. The number of benzene rings is 3. The SMILES string of the molecule is Cc1ccc(CN(C(=O)CSc2ccccc2)C(Cc2ccccc2)C(=O)NC(C)(C)C)cc1. The number of carbonyl (C=O) groups excluding carboxylic acids is 2. The number of hydrogen-bond acceptors (Lipinski definition) is 3. The highest BCUT2D eigenvalue weighted by molar-refractivity contribution is 8.00. The van der Waals surface area contributed by atoms with Crippen LogP contribution < -0.4 is 5.32 Å². The molecule has 3 aromatic carbocycles. The molecule has 0 bridgehead atoms. The normalized spacial score (nSPS) is 12.1. The smallest absolute Gasteiger partial charge is 0.243 e. The molecule has 1 N–H and O–H groups in total. The molecule has 4 nitrogen and oxygen atoms in total. The quantitative estimate of drug-likeness (QED) is 0.408. The summed E-state index contributed by atoms with van der Waals surface area (Å²) in [6, 6.07) is 27.3. The molecule has 5 heteroatoms. The molecule has 1 atom stereocenters. The maximum absolute atomic E-state index is 13.6. The topological polar surface area (TPSA) is 49.4 Å². The molecule has 0 saturated heterocycles. The van der Waals surface area contributed by atoms with Gasteiger partial charge in [-0.2, -0.15) is 0 Å². The Morgan fingerprint density at radius 1 is 0.853 bits per heavy atom. The molecule has 0 saturated carbocycles. The number of hydrogen-bond donors (Lipinski definition) is 1. The molecule has 0 aliphatic rings. The fraction of sp³-hybridized carbons (Fsp3) is 0.310. The Morgan fingerprint density at radius 3 is 2.03 bits per heavy atom. The fourth-order valence-corrected chi connectivity index (χ4v) is 4.45. The molecular formula is C29H34N2O2S. The van der Waals surface area contributed by atoms with Crippen LogP contribution in [-0.4, -0.2) is 34.0 Å². The van der Waals surface area contributed by atoms with Crippen molar-refractivity contribution in [2.24, 2.45) is 0 Å². The second-order valence-corrected chi connectivity index (χ2v) is 10.6. The molecule has 1 unspecified atom stereocenters. The van der Waals surface area contributed by atoms with Crippen molar-refractivity contribution in [3.63, 3.8) is 0 Å². The molecule has 0 heterocycles. The predicted molar refractivity (Wildman–Crippen MR) is 141 cm³/mol. The van der Waals surface area contributed by atoms with Crippen molar-refractivity contribution in [3.05, 3.63) is 102 Å². The molecule has 0 spiro atoms. The maximum Gasteiger partial charge on any atom is 0.243 e. The average molecular weight is 475 g/mol. The fourth-order valence-electron chi connectivity index (χ4n) is 3.64. The zero-order valence-electron chi connectivity index (χ0n) is 20.5. The Labute approximate surface area is 207 Å². The van der Waals surface area contributed by atoms with Crippen molar-refractivity contribution in [3.8, 4) is 0 Å². The first-order valence-electron chi connectivity index (χ1n) is 11.6. The van der Waals surface area contributed by atoms with E-state index in [4.69, 9.17) is 0 Å². The van der Waals surface area contributed by atoms with Gasteiger partial charge in [0.1, 0.15) is 6.04 Å². The van der Waals surface area contributed by atoms with Gasteiger partial charge in [-0.05, 0) is 51.0 Å². The average Bonchev–Trinajstić information content (AvgIpc) is 2.81. The van der Waals surface area contributed by atoms with Gasteiger partial charge in [-0.3, -0.25) is 9.59 Å². The van der Waals surface area contributed by atoms with E-state index < -0.39 is 11.6 Å². The van der Waals surface area contributed by atoms with E-state index in [0.717, 1.165) is 21.6 Å². The Balaban J connectivity index is 1.91. The van der Waals surface area contributed by atoms with E-state index in [0.29, 0.717) is 13.0 Å². The van der Waals surface area contributed by atoms with Crippen LogP contribution in [0.5, 0.6) is 0 Å². The third-order valence-corrected chi connectivity index (χ3v) is 6.35. The standard InChI is InChI=1S/C29H34N2O2S/c1-22-15-17-24(18-16-22)20-31(27(32)21-34-25-13-9-6-10-14-25)26(28(33)30-29(2,3)4)19-23-11-7-5-8-12-23/h5-18,26H,19-21H2,1-4H3,(H,30,33). The van der Waals surface area contributed by atoms with Gasteiger partial charge in [0.05, 0.1) is 5.75 Å². The van der Waals surface area contributed by atoms with Gasteiger partial charge in [0.15, 0.2) is 0 Å². The number of rotatable bonds is 9. The number of amides is 2. The molecule has 0 fully saturated rings. The Hall–Kier alpha value is -3.05. The van der Waals surface area contributed by atoms with Crippen LogP contribution in [0, 0.1) is 6.92 Å². The number of carbonyl (C=O) groups is 2. The summed E-state index contributed by atoms with van der Waals surface area (Å²) in [6.45, 7) is 8.30. The van der Waals surface area contributed by atoms with Crippen LogP contribution in [0.25, 0.3) is 0 Å². The highest BCUT2D eigenvalue weighted by Crippen LogP contribution is 2.21. The summed E-state index contributed by atoms with van der Waals surface area (Å²) < 4.78 is 0. The zero-order valence-corrected chi connectivity index (χ0v) is 21.3. The minimum atomic E-state index is -0.619. The maximum atomic E-state index is 13.6. The minimum Gasteiger partial charge on any atom is -0.350 e. The zero-order chi connectivity index (χ0) is 24.6. The number of thioether (sulfide) groups is 1. The number of nitrogens with zero attached hydrogens (tertiary/aromatic N) is 1. The Kier molecular flexibility index (Phi) is 8.94. The summed E-state index contributed by atoms with van der Waals surface area (Å²) in [4.78, 5) is 29.9. The second kappa shape index (κ2) is 11.9. The molecule has 0 aliphatic heterocycles. The monoisotopic (exact) mass is 474 g/mol. The van der Waals surface area contributed by atoms with Crippen LogP contribution in [0.1, 0.15) is 37.5 Å². The third-order valence-electron chi connectivity index (χ3n) is 5.35. The van der Waals surface area contributed by atoms with Crippen molar-refractivity contribution in [2.45, 2.75) is 57.1 Å². The molecular weight excluding hydrogens is 440 g/mol. The van der Waals surface area contributed by atoms with Crippen molar-refractivity contribution < 1.29 is 9.59 Å². The minimum absolute atomic E-state index is 0.0561.